The Morgan fingerprint density at radius 3 is 2.77 bits per heavy atom. The van der Waals surface area contributed by atoms with Gasteiger partial charge < -0.3 is 10.2 Å². The number of carbonyl (C=O) groups excluding carboxylic acids is 1. The highest BCUT2D eigenvalue weighted by Crippen LogP contribution is 2.32. The standard InChI is InChI=1S/C21H24ClN7O/c22-16-7-8-17-15(19(16)21(30)23-10-13-4-2-1-3-5-13)6-9-18(24-17)29-11-14(12-29)20-25-27-28-26-20/h6-9,13-14H,1-5,10-12H2,(H,23,30)(H,25,26,27,28). The predicted octanol–water partition coefficient (Wildman–Crippen LogP) is 3.32. The van der Waals surface area contributed by atoms with Crippen LogP contribution in [0.25, 0.3) is 10.9 Å². The van der Waals surface area contributed by atoms with Gasteiger partial charge in [-0.2, -0.15) is 5.21 Å². The van der Waals surface area contributed by atoms with Crippen LogP contribution in [0, 0.1) is 5.92 Å². The lowest BCUT2D eigenvalue weighted by molar-refractivity contribution is 0.0945. The second-order valence-electron chi connectivity index (χ2n) is 8.24. The van der Waals surface area contributed by atoms with Crippen molar-refractivity contribution in [1.29, 1.82) is 0 Å². The molecular weight excluding hydrogens is 402 g/mol. The average Bonchev–Trinajstić information content (AvgIpc) is 3.26. The monoisotopic (exact) mass is 425 g/mol. The fourth-order valence-electron chi connectivity index (χ4n) is 4.46. The Morgan fingerprint density at radius 2 is 2.00 bits per heavy atom. The molecular formula is C21H24ClN7O. The number of aromatic amines is 1. The second-order valence-corrected chi connectivity index (χ2v) is 8.65. The molecule has 3 aromatic rings. The van der Waals surface area contributed by atoms with Gasteiger partial charge in [0.05, 0.1) is 22.0 Å². The lowest BCUT2D eigenvalue weighted by Crippen LogP contribution is -2.46. The van der Waals surface area contributed by atoms with Crippen molar-refractivity contribution < 1.29 is 4.79 Å². The lowest BCUT2D eigenvalue weighted by atomic mass is 9.89. The Labute approximate surface area is 179 Å². The fourth-order valence-corrected chi connectivity index (χ4v) is 4.71. The lowest BCUT2D eigenvalue weighted by Gasteiger charge is -2.38. The Bertz CT molecular complexity index is 1040. The van der Waals surface area contributed by atoms with Crippen molar-refractivity contribution in [3.05, 3.63) is 40.7 Å². The van der Waals surface area contributed by atoms with Gasteiger partial charge in [0, 0.05) is 25.0 Å². The van der Waals surface area contributed by atoms with E-state index in [9.17, 15) is 4.79 Å². The number of nitrogens with zero attached hydrogens (tertiary/aromatic N) is 5. The summed E-state index contributed by atoms with van der Waals surface area (Å²) in [6.07, 6.45) is 6.20. The Morgan fingerprint density at radius 1 is 1.17 bits per heavy atom. The summed E-state index contributed by atoms with van der Waals surface area (Å²) in [5.41, 5.74) is 1.28. The van der Waals surface area contributed by atoms with Gasteiger partial charge in [0.15, 0.2) is 5.82 Å². The molecule has 0 atom stereocenters. The van der Waals surface area contributed by atoms with Gasteiger partial charge >= 0.3 is 0 Å². The van der Waals surface area contributed by atoms with Crippen molar-refractivity contribution in [2.45, 2.75) is 38.0 Å². The molecule has 1 saturated carbocycles. The predicted molar refractivity (Wildman–Crippen MR) is 115 cm³/mol. The number of nitrogens with one attached hydrogen (secondary N) is 2. The van der Waals surface area contributed by atoms with Crippen LogP contribution in [0.15, 0.2) is 24.3 Å². The molecule has 0 unspecified atom stereocenters. The zero-order valence-corrected chi connectivity index (χ0v) is 17.4. The molecule has 0 spiro atoms. The molecule has 2 aliphatic rings. The summed E-state index contributed by atoms with van der Waals surface area (Å²) in [7, 11) is 0. The number of halogens is 1. The van der Waals surface area contributed by atoms with Crippen LogP contribution in [0.4, 0.5) is 5.82 Å². The Hall–Kier alpha value is -2.74. The molecule has 30 heavy (non-hydrogen) atoms. The molecule has 8 nitrogen and oxygen atoms in total. The normalized spacial score (nSPS) is 17.8. The fraction of sp³-hybridized carbons (Fsp3) is 0.476. The maximum absolute atomic E-state index is 12.9. The third-order valence-corrected chi connectivity index (χ3v) is 6.56. The molecule has 1 saturated heterocycles. The van der Waals surface area contributed by atoms with Gasteiger partial charge in [0.25, 0.3) is 5.91 Å². The molecule has 2 fully saturated rings. The van der Waals surface area contributed by atoms with E-state index in [0.29, 0.717) is 23.0 Å². The van der Waals surface area contributed by atoms with E-state index < -0.39 is 0 Å². The van der Waals surface area contributed by atoms with Gasteiger partial charge in [-0.05, 0) is 43.0 Å². The summed E-state index contributed by atoms with van der Waals surface area (Å²) in [4.78, 5) is 19.9. The van der Waals surface area contributed by atoms with Crippen molar-refractivity contribution in [2.75, 3.05) is 24.5 Å². The molecule has 2 N–H and O–H groups in total. The number of aromatic nitrogens is 5. The second kappa shape index (κ2) is 8.18. The summed E-state index contributed by atoms with van der Waals surface area (Å²) in [6.45, 7) is 2.29. The molecule has 0 bridgehead atoms. The minimum absolute atomic E-state index is 0.119. The van der Waals surface area contributed by atoms with Gasteiger partial charge in [-0.1, -0.05) is 36.1 Å². The van der Waals surface area contributed by atoms with E-state index in [-0.39, 0.29) is 11.8 Å². The Kier molecular flexibility index (Phi) is 5.25. The number of hydrogen-bond acceptors (Lipinski definition) is 6. The first-order valence-electron chi connectivity index (χ1n) is 10.5. The number of tetrazole rings is 1. The SMILES string of the molecule is O=C(NCC1CCCCC1)c1c(Cl)ccc2nc(N3CC(c4nn[nH]n4)C3)ccc12. The van der Waals surface area contributed by atoms with Crippen LogP contribution in [0.2, 0.25) is 5.02 Å². The van der Waals surface area contributed by atoms with Crippen molar-refractivity contribution in [3.63, 3.8) is 0 Å². The number of anilines is 1. The maximum atomic E-state index is 12.9. The third kappa shape index (κ3) is 3.71. The maximum Gasteiger partial charge on any atom is 0.253 e. The molecule has 3 heterocycles. The Balaban J connectivity index is 1.32. The number of H-pyrrole nitrogens is 1. The van der Waals surface area contributed by atoms with E-state index in [4.69, 9.17) is 16.6 Å². The molecule has 2 aromatic heterocycles. The first-order valence-corrected chi connectivity index (χ1v) is 10.9. The quantitative estimate of drug-likeness (QED) is 0.650. The topological polar surface area (TPSA) is 99.7 Å². The van der Waals surface area contributed by atoms with E-state index in [0.717, 1.165) is 35.6 Å². The van der Waals surface area contributed by atoms with Gasteiger partial charge in [0.2, 0.25) is 0 Å². The number of carbonyl (C=O) groups is 1. The van der Waals surface area contributed by atoms with Crippen LogP contribution >= 0.6 is 11.6 Å². The summed E-state index contributed by atoms with van der Waals surface area (Å²) in [6, 6.07) is 7.52. The van der Waals surface area contributed by atoms with E-state index in [1.165, 1.54) is 32.1 Å². The third-order valence-electron chi connectivity index (χ3n) is 6.24. The van der Waals surface area contributed by atoms with Gasteiger partial charge in [-0.3, -0.25) is 4.79 Å². The number of pyridine rings is 1. The van der Waals surface area contributed by atoms with Crippen LogP contribution < -0.4 is 10.2 Å². The van der Waals surface area contributed by atoms with Crippen molar-refractivity contribution >= 4 is 34.2 Å². The number of amides is 1. The van der Waals surface area contributed by atoms with Gasteiger partial charge in [-0.25, -0.2) is 4.98 Å². The first-order chi connectivity index (χ1) is 14.7. The van der Waals surface area contributed by atoms with E-state index >= 15 is 0 Å². The summed E-state index contributed by atoms with van der Waals surface area (Å²) in [5, 5.41) is 18.6. The minimum Gasteiger partial charge on any atom is -0.355 e. The van der Waals surface area contributed by atoms with Gasteiger partial charge in [-0.15, -0.1) is 10.2 Å². The molecule has 9 heteroatoms. The van der Waals surface area contributed by atoms with Crippen LogP contribution in [-0.4, -0.2) is 51.1 Å². The smallest absolute Gasteiger partial charge is 0.253 e. The average molecular weight is 426 g/mol. The number of rotatable bonds is 5. The van der Waals surface area contributed by atoms with E-state index in [1.807, 2.05) is 18.2 Å². The molecule has 1 amide bonds. The highest BCUT2D eigenvalue weighted by atomic mass is 35.5. The number of fused-ring (bicyclic) bond motifs is 1. The van der Waals surface area contributed by atoms with Crippen LogP contribution in [0.3, 0.4) is 0 Å². The number of hydrogen-bond donors (Lipinski definition) is 2. The molecule has 156 valence electrons. The number of benzene rings is 1. The molecule has 1 aromatic carbocycles. The highest BCUT2D eigenvalue weighted by molar-refractivity contribution is 6.35. The van der Waals surface area contributed by atoms with Crippen LogP contribution in [0.5, 0.6) is 0 Å². The largest absolute Gasteiger partial charge is 0.355 e. The molecule has 0 radical (unpaired) electrons. The van der Waals surface area contributed by atoms with Crippen molar-refractivity contribution in [2.24, 2.45) is 5.92 Å². The van der Waals surface area contributed by atoms with Gasteiger partial charge in [0.1, 0.15) is 5.82 Å². The van der Waals surface area contributed by atoms with E-state index in [1.54, 1.807) is 6.07 Å². The molecule has 1 aliphatic carbocycles. The molecule has 5 rings (SSSR count). The first kappa shape index (κ1) is 19.2. The highest BCUT2D eigenvalue weighted by Gasteiger charge is 2.32. The van der Waals surface area contributed by atoms with Crippen LogP contribution in [0.1, 0.15) is 54.2 Å². The van der Waals surface area contributed by atoms with Crippen molar-refractivity contribution in [3.8, 4) is 0 Å². The zero-order valence-electron chi connectivity index (χ0n) is 16.6. The zero-order chi connectivity index (χ0) is 20.5. The van der Waals surface area contributed by atoms with Crippen LogP contribution in [-0.2, 0) is 0 Å². The van der Waals surface area contributed by atoms with Crippen molar-refractivity contribution in [1.82, 2.24) is 30.9 Å². The molecule has 1 aliphatic heterocycles. The summed E-state index contributed by atoms with van der Waals surface area (Å²) in [5.74, 6) is 2.31. The summed E-state index contributed by atoms with van der Waals surface area (Å²) >= 11 is 6.41. The summed E-state index contributed by atoms with van der Waals surface area (Å²) < 4.78 is 0. The minimum atomic E-state index is -0.119. The van der Waals surface area contributed by atoms with E-state index in [2.05, 4.69) is 30.8 Å².